The molecule has 1 saturated heterocycles. The van der Waals surface area contributed by atoms with Gasteiger partial charge in [-0.1, -0.05) is 0 Å². The molecule has 0 N–H and O–H groups in total. The van der Waals surface area contributed by atoms with Gasteiger partial charge in [0.2, 0.25) is 0 Å². The molecule has 3 rings (SSSR count). The highest BCUT2D eigenvalue weighted by Crippen LogP contribution is 2.31. The van der Waals surface area contributed by atoms with Crippen LogP contribution in [0.15, 0.2) is 12.4 Å². The lowest BCUT2D eigenvalue weighted by molar-refractivity contribution is -0.0278. The Bertz CT molecular complexity index is 579. The Labute approximate surface area is 111 Å². The summed E-state index contributed by atoms with van der Waals surface area (Å²) in [5.41, 5.74) is -0.111. The van der Waals surface area contributed by atoms with Crippen LogP contribution in [0, 0.1) is 6.92 Å². The number of morpholine rings is 1. The first-order valence-electron chi connectivity index (χ1n) is 6.15. The average Bonchev–Trinajstić information content (AvgIpc) is 2.67. The molecular formula is C13H17N3OS. The van der Waals surface area contributed by atoms with E-state index in [1.807, 2.05) is 0 Å². The maximum atomic E-state index is 5.75. The van der Waals surface area contributed by atoms with Crippen molar-refractivity contribution in [3.63, 3.8) is 0 Å². The van der Waals surface area contributed by atoms with Crippen LogP contribution >= 0.6 is 11.3 Å². The molecule has 2 aromatic rings. The van der Waals surface area contributed by atoms with Gasteiger partial charge < -0.3 is 9.64 Å². The highest BCUT2D eigenvalue weighted by Gasteiger charge is 2.28. The Hall–Kier alpha value is -1.20. The van der Waals surface area contributed by atoms with Crippen LogP contribution in [0.4, 0.5) is 5.82 Å². The van der Waals surface area contributed by atoms with Crippen LogP contribution in [0.25, 0.3) is 10.2 Å². The van der Waals surface area contributed by atoms with Gasteiger partial charge in [-0.05, 0) is 26.8 Å². The predicted molar refractivity (Wildman–Crippen MR) is 74.4 cm³/mol. The van der Waals surface area contributed by atoms with Crippen LogP contribution < -0.4 is 4.90 Å². The molecule has 0 radical (unpaired) electrons. The molecule has 4 nitrogen and oxygen atoms in total. The van der Waals surface area contributed by atoms with E-state index in [4.69, 9.17) is 4.74 Å². The zero-order chi connectivity index (χ0) is 12.8. The largest absolute Gasteiger partial charge is 0.372 e. The molecule has 1 aliphatic rings. The Morgan fingerprint density at radius 1 is 1.39 bits per heavy atom. The van der Waals surface area contributed by atoms with Crippen molar-refractivity contribution in [1.82, 2.24) is 9.97 Å². The fourth-order valence-corrected chi connectivity index (χ4v) is 3.25. The van der Waals surface area contributed by atoms with Gasteiger partial charge >= 0.3 is 0 Å². The zero-order valence-corrected chi connectivity index (χ0v) is 11.8. The van der Waals surface area contributed by atoms with E-state index in [0.29, 0.717) is 0 Å². The SMILES string of the molecule is Cc1cc2c(N3CCOC(C)(C)C3)ncnc2s1. The highest BCUT2D eigenvalue weighted by atomic mass is 32.1. The lowest BCUT2D eigenvalue weighted by atomic mass is 10.1. The van der Waals surface area contributed by atoms with Crippen LogP contribution in [0.1, 0.15) is 18.7 Å². The minimum Gasteiger partial charge on any atom is -0.372 e. The third-order valence-corrected chi connectivity index (χ3v) is 4.12. The van der Waals surface area contributed by atoms with Gasteiger partial charge in [-0.25, -0.2) is 9.97 Å². The van der Waals surface area contributed by atoms with E-state index in [0.717, 1.165) is 35.7 Å². The monoisotopic (exact) mass is 263 g/mol. The van der Waals surface area contributed by atoms with E-state index >= 15 is 0 Å². The zero-order valence-electron chi connectivity index (χ0n) is 10.9. The molecule has 3 heterocycles. The first-order valence-corrected chi connectivity index (χ1v) is 6.97. The Morgan fingerprint density at radius 2 is 2.22 bits per heavy atom. The molecule has 1 aliphatic heterocycles. The number of anilines is 1. The number of fused-ring (bicyclic) bond motifs is 1. The second-order valence-corrected chi connectivity index (χ2v) is 6.54. The van der Waals surface area contributed by atoms with Crippen molar-refractivity contribution in [2.24, 2.45) is 0 Å². The highest BCUT2D eigenvalue weighted by molar-refractivity contribution is 7.18. The Balaban J connectivity index is 2.03. The van der Waals surface area contributed by atoms with Crippen molar-refractivity contribution in [3.05, 3.63) is 17.3 Å². The quantitative estimate of drug-likeness (QED) is 0.792. The second kappa shape index (κ2) is 4.17. The summed E-state index contributed by atoms with van der Waals surface area (Å²) in [4.78, 5) is 13.5. The number of rotatable bonds is 1. The summed E-state index contributed by atoms with van der Waals surface area (Å²) in [6, 6.07) is 2.18. The lowest BCUT2D eigenvalue weighted by Crippen LogP contribution is -2.48. The molecule has 0 amide bonds. The van der Waals surface area contributed by atoms with E-state index in [-0.39, 0.29) is 5.60 Å². The standard InChI is InChI=1S/C13H17N3OS/c1-9-6-10-11(14-8-15-12(10)18-9)16-4-5-17-13(2,3)7-16/h6,8H,4-5,7H2,1-3H3. The molecule has 0 spiro atoms. The molecule has 1 fully saturated rings. The predicted octanol–water partition coefficient (Wildman–Crippen LogP) is 2.61. The van der Waals surface area contributed by atoms with Crippen molar-refractivity contribution in [1.29, 1.82) is 0 Å². The van der Waals surface area contributed by atoms with Gasteiger partial charge in [0.05, 0.1) is 17.6 Å². The van der Waals surface area contributed by atoms with Crippen LogP contribution in [0.3, 0.4) is 0 Å². The van der Waals surface area contributed by atoms with Gasteiger partial charge in [0.15, 0.2) is 0 Å². The van der Waals surface area contributed by atoms with Gasteiger partial charge in [-0.15, -0.1) is 11.3 Å². The molecule has 96 valence electrons. The van der Waals surface area contributed by atoms with Gasteiger partial charge in [-0.2, -0.15) is 0 Å². The third-order valence-electron chi connectivity index (χ3n) is 3.16. The summed E-state index contributed by atoms with van der Waals surface area (Å²) in [6.45, 7) is 8.87. The van der Waals surface area contributed by atoms with Crippen LogP contribution in [0.5, 0.6) is 0 Å². The van der Waals surface area contributed by atoms with E-state index in [1.165, 1.54) is 4.88 Å². The molecule has 18 heavy (non-hydrogen) atoms. The Morgan fingerprint density at radius 3 is 3.00 bits per heavy atom. The van der Waals surface area contributed by atoms with Crippen molar-refractivity contribution in [2.75, 3.05) is 24.6 Å². The van der Waals surface area contributed by atoms with Crippen LogP contribution in [0.2, 0.25) is 0 Å². The van der Waals surface area contributed by atoms with Crippen molar-refractivity contribution >= 4 is 27.4 Å². The maximum absolute atomic E-state index is 5.75. The van der Waals surface area contributed by atoms with Crippen LogP contribution in [-0.2, 0) is 4.74 Å². The van der Waals surface area contributed by atoms with Gasteiger partial charge in [0.1, 0.15) is 17.0 Å². The summed E-state index contributed by atoms with van der Waals surface area (Å²) in [5.74, 6) is 1.04. The summed E-state index contributed by atoms with van der Waals surface area (Å²) >= 11 is 1.72. The minimum absolute atomic E-state index is 0.111. The normalized spacial score (nSPS) is 19.4. The fraction of sp³-hybridized carbons (Fsp3) is 0.538. The smallest absolute Gasteiger partial charge is 0.140 e. The summed E-state index contributed by atoms with van der Waals surface area (Å²) < 4.78 is 5.75. The summed E-state index contributed by atoms with van der Waals surface area (Å²) in [5, 5.41) is 1.16. The van der Waals surface area contributed by atoms with E-state index in [1.54, 1.807) is 17.7 Å². The molecule has 0 atom stereocenters. The van der Waals surface area contributed by atoms with Gasteiger partial charge in [0, 0.05) is 18.0 Å². The molecule has 0 bridgehead atoms. The first-order chi connectivity index (χ1) is 8.55. The molecular weight excluding hydrogens is 246 g/mol. The fourth-order valence-electron chi connectivity index (χ4n) is 2.41. The number of thiophene rings is 1. The maximum Gasteiger partial charge on any atom is 0.140 e. The third kappa shape index (κ3) is 2.08. The average molecular weight is 263 g/mol. The molecule has 0 saturated carbocycles. The molecule has 5 heteroatoms. The number of hydrogen-bond acceptors (Lipinski definition) is 5. The lowest BCUT2D eigenvalue weighted by Gasteiger charge is -2.38. The molecule has 0 aromatic carbocycles. The number of aryl methyl sites for hydroxylation is 1. The summed E-state index contributed by atoms with van der Waals surface area (Å²) in [6.07, 6.45) is 1.66. The van der Waals surface area contributed by atoms with Crippen molar-refractivity contribution in [2.45, 2.75) is 26.4 Å². The topological polar surface area (TPSA) is 38.2 Å². The van der Waals surface area contributed by atoms with Crippen LogP contribution in [-0.4, -0.2) is 35.3 Å². The van der Waals surface area contributed by atoms with Crippen molar-refractivity contribution < 1.29 is 4.74 Å². The minimum atomic E-state index is -0.111. The molecule has 0 unspecified atom stereocenters. The second-order valence-electron chi connectivity index (χ2n) is 5.30. The number of ether oxygens (including phenoxy) is 1. The van der Waals surface area contributed by atoms with Crippen molar-refractivity contribution in [3.8, 4) is 0 Å². The van der Waals surface area contributed by atoms with E-state index < -0.39 is 0 Å². The van der Waals surface area contributed by atoms with E-state index in [9.17, 15) is 0 Å². The first kappa shape index (κ1) is 11.9. The van der Waals surface area contributed by atoms with Gasteiger partial charge in [0.25, 0.3) is 0 Å². The summed E-state index contributed by atoms with van der Waals surface area (Å²) in [7, 11) is 0. The number of aromatic nitrogens is 2. The Kier molecular flexibility index (Phi) is 2.75. The van der Waals surface area contributed by atoms with E-state index in [2.05, 4.69) is 41.7 Å². The van der Waals surface area contributed by atoms with Gasteiger partial charge in [-0.3, -0.25) is 0 Å². The number of hydrogen-bond donors (Lipinski definition) is 0. The number of nitrogens with zero attached hydrogens (tertiary/aromatic N) is 3. The molecule has 2 aromatic heterocycles. The molecule has 0 aliphatic carbocycles.